The lowest BCUT2D eigenvalue weighted by atomic mass is 10.1. The first kappa shape index (κ1) is 20.4. The van der Waals surface area contributed by atoms with E-state index in [9.17, 15) is 4.79 Å². The Balaban J connectivity index is 1.41. The first-order valence-electron chi connectivity index (χ1n) is 10.5. The van der Waals surface area contributed by atoms with Crippen LogP contribution in [0.4, 0.5) is 11.6 Å². The predicted molar refractivity (Wildman–Crippen MR) is 122 cm³/mol. The van der Waals surface area contributed by atoms with Gasteiger partial charge in [-0.2, -0.15) is 5.10 Å². The van der Waals surface area contributed by atoms with Crippen LogP contribution in [0.15, 0.2) is 59.1 Å². The van der Waals surface area contributed by atoms with Crippen molar-refractivity contribution in [2.75, 3.05) is 5.32 Å². The number of hydrogen-bond donors (Lipinski definition) is 2. The maximum Gasteiger partial charge on any atom is 0.196 e. The van der Waals surface area contributed by atoms with Crippen LogP contribution < -0.4 is 5.32 Å². The van der Waals surface area contributed by atoms with Crippen LogP contribution in [-0.4, -0.2) is 35.5 Å². The molecule has 1 fully saturated rings. The number of aromatic nitrogens is 6. The summed E-state index contributed by atoms with van der Waals surface area (Å²) in [5.41, 5.74) is 2.90. The average Bonchev–Trinajstić information content (AvgIpc) is 3.34. The predicted octanol–water partition coefficient (Wildman–Crippen LogP) is 4.42. The number of H-pyrrole nitrogens is 1. The van der Waals surface area contributed by atoms with Crippen LogP contribution in [0.3, 0.4) is 0 Å². The molecule has 8 nitrogen and oxygen atoms in total. The summed E-state index contributed by atoms with van der Waals surface area (Å²) in [6.45, 7) is 3.92. The lowest BCUT2D eigenvalue weighted by Gasteiger charge is -2.13. The highest BCUT2D eigenvalue weighted by Crippen LogP contribution is 2.32. The molecule has 162 valence electrons. The normalized spacial score (nSPS) is 13.3. The summed E-state index contributed by atoms with van der Waals surface area (Å²) in [5.74, 6) is 2.77. The van der Waals surface area contributed by atoms with Crippen LogP contribution in [-0.2, 0) is 11.2 Å². The van der Waals surface area contributed by atoms with Gasteiger partial charge in [0.05, 0.1) is 0 Å². The van der Waals surface area contributed by atoms with Gasteiger partial charge in [0.25, 0.3) is 0 Å². The van der Waals surface area contributed by atoms with Crippen LogP contribution >= 0.6 is 11.8 Å². The summed E-state index contributed by atoms with van der Waals surface area (Å²) >= 11 is 1.47. The van der Waals surface area contributed by atoms with E-state index in [4.69, 9.17) is 9.97 Å². The summed E-state index contributed by atoms with van der Waals surface area (Å²) in [6.07, 6.45) is 7.91. The van der Waals surface area contributed by atoms with E-state index in [0.29, 0.717) is 29.0 Å². The third-order valence-electron chi connectivity index (χ3n) is 5.34. The Hall–Kier alpha value is -3.46. The van der Waals surface area contributed by atoms with E-state index in [1.165, 1.54) is 11.8 Å². The maximum absolute atomic E-state index is 12.1. The number of nitrogens with zero attached hydrogens (tertiary/aromatic N) is 5. The fraction of sp³-hybridized carbons (Fsp3) is 0.261. The number of Topliss-reactive ketones (excluding diaryl/α,β-unsaturated/α-hetero) is 1. The molecule has 1 saturated carbocycles. The van der Waals surface area contributed by atoms with Crippen molar-refractivity contribution < 1.29 is 4.79 Å². The molecular formula is C23H23N7OS. The number of carbonyl (C=O) groups excluding carboxylic acids is 1. The molecule has 2 N–H and O–H groups in total. The van der Waals surface area contributed by atoms with E-state index in [1.807, 2.05) is 54.9 Å². The molecule has 3 aromatic heterocycles. The van der Waals surface area contributed by atoms with Gasteiger partial charge in [0.2, 0.25) is 0 Å². The maximum atomic E-state index is 12.1. The van der Waals surface area contributed by atoms with Gasteiger partial charge in [-0.05, 0) is 56.1 Å². The Morgan fingerprint density at radius 2 is 2.03 bits per heavy atom. The van der Waals surface area contributed by atoms with Gasteiger partial charge in [0.15, 0.2) is 11.0 Å². The molecule has 32 heavy (non-hydrogen) atoms. The number of aromatic amines is 1. The zero-order chi connectivity index (χ0) is 22.1. The largest absolute Gasteiger partial charge is 0.323 e. The third-order valence-corrected chi connectivity index (χ3v) is 6.22. The van der Waals surface area contributed by atoms with Crippen molar-refractivity contribution in [1.82, 2.24) is 29.7 Å². The van der Waals surface area contributed by atoms with Crippen molar-refractivity contribution >= 4 is 29.2 Å². The highest BCUT2D eigenvalue weighted by Gasteiger charge is 2.29. The monoisotopic (exact) mass is 445 g/mol. The van der Waals surface area contributed by atoms with E-state index < -0.39 is 0 Å². The first-order valence-corrected chi connectivity index (χ1v) is 11.3. The van der Waals surface area contributed by atoms with E-state index in [2.05, 4.69) is 20.5 Å². The second-order valence-electron chi connectivity index (χ2n) is 8.00. The second-order valence-corrected chi connectivity index (χ2v) is 9.04. The number of carbonyl (C=O) groups is 1. The molecule has 0 radical (unpaired) electrons. The standard InChI is InChI=1S/C23H23N7OS/c1-14-11-20(29-28-14)25-21-15(2)22(30-10-9-24-13-30)27-23(26-21)32-18-7-3-16(4-8-18)12-19(31)17-5-6-17/h3-4,7-11,13,17H,5-6,12H2,1-2H3,(H2,25,26,27,28,29). The van der Waals surface area contributed by atoms with Gasteiger partial charge < -0.3 is 5.32 Å². The third kappa shape index (κ3) is 4.57. The molecule has 3 heterocycles. The quantitative estimate of drug-likeness (QED) is 0.387. The molecule has 9 heteroatoms. The highest BCUT2D eigenvalue weighted by atomic mass is 32.2. The van der Waals surface area contributed by atoms with Gasteiger partial charge in [-0.15, -0.1) is 0 Å². The number of imidazole rings is 1. The fourth-order valence-corrected chi connectivity index (χ4v) is 4.17. The lowest BCUT2D eigenvalue weighted by molar-refractivity contribution is -0.119. The minimum absolute atomic E-state index is 0.288. The summed E-state index contributed by atoms with van der Waals surface area (Å²) < 4.78 is 1.87. The minimum atomic E-state index is 0.288. The molecule has 5 rings (SSSR count). The van der Waals surface area contributed by atoms with Crippen LogP contribution in [0.2, 0.25) is 0 Å². The number of aryl methyl sites for hydroxylation is 1. The number of ketones is 1. The van der Waals surface area contributed by atoms with Gasteiger partial charge in [-0.3, -0.25) is 14.5 Å². The molecule has 1 aliphatic rings. The van der Waals surface area contributed by atoms with Crippen LogP contribution in [0.25, 0.3) is 5.82 Å². The van der Waals surface area contributed by atoms with Crippen LogP contribution in [0.1, 0.15) is 29.7 Å². The van der Waals surface area contributed by atoms with Crippen molar-refractivity contribution in [3.63, 3.8) is 0 Å². The van der Waals surface area contributed by atoms with Gasteiger partial charge in [0, 0.05) is 47.0 Å². The molecule has 0 unspecified atom stereocenters. The Kier molecular flexibility index (Phi) is 5.48. The van der Waals surface area contributed by atoms with Crippen molar-refractivity contribution in [3.05, 3.63) is 65.9 Å². The van der Waals surface area contributed by atoms with E-state index in [-0.39, 0.29) is 5.92 Å². The Bertz CT molecular complexity index is 1240. The molecule has 0 saturated heterocycles. The average molecular weight is 446 g/mol. The topological polar surface area (TPSA) is 101 Å². The van der Waals surface area contributed by atoms with Crippen molar-refractivity contribution in [3.8, 4) is 5.82 Å². The van der Waals surface area contributed by atoms with Gasteiger partial charge >= 0.3 is 0 Å². The first-order chi connectivity index (χ1) is 15.5. The second kappa shape index (κ2) is 8.58. The summed E-state index contributed by atoms with van der Waals surface area (Å²) in [7, 11) is 0. The highest BCUT2D eigenvalue weighted by molar-refractivity contribution is 7.99. The molecule has 0 spiro atoms. The Labute approximate surface area is 189 Å². The van der Waals surface area contributed by atoms with Crippen molar-refractivity contribution in [2.24, 2.45) is 5.92 Å². The zero-order valence-corrected chi connectivity index (χ0v) is 18.7. The Morgan fingerprint density at radius 3 is 2.69 bits per heavy atom. The SMILES string of the molecule is Cc1cc(Nc2nc(Sc3ccc(CC(=O)C4CC4)cc3)nc(-n3ccnc3)c2C)n[nH]1. The summed E-state index contributed by atoms with van der Waals surface area (Å²) in [5, 5.41) is 11.1. The Morgan fingerprint density at radius 1 is 1.22 bits per heavy atom. The summed E-state index contributed by atoms with van der Waals surface area (Å²) in [6, 6.07) is 9.99. The van der Waals surface area contributed by atoms with Crippen LogP contribution in [0, 0.1) is 19.8 Å². The number of anilines is 2. The number of hydrogen-bond acceptors (Lipinski definition) is 7. The van der Waals surface area contributed by atoms with E-state index in [1.54, 1.807) is 12.5 Å². The number of nitrogens with one attached hydrogen (secondary N) is 2. The molecule has 4 aromatic rings. The van der Waals surface area contributed by atoms with Crippen molar-refractivity contribution in [1.29, 1.82) is 0 Å². The van der Waals surface area contributed by atoms with E-state index >= 15 is 0 Å². The lowest BCUT2D eigenvalue weighted by Crippen LogP contribution is -2.06. The molecule has 0 bridgehead atoms. The van der Waals surface area contributed by atoms with E-state index in [0.717, 1.165) is 40.4 Å². The number of rotatable bonds is 8. The molecular weight excluding hydrogens is 422 g/mol. The molecule has 0 amide bonds. The molecule has 0 atom stereocenters. The van der Waals surface area contributed by atoms with Crippen LogP contribution in [0.5, 0.6) is 0 Å². The van der Waals surface area contributed by atoms with Crippen molar-refractivity contribution in [2.45, 2.75) is 43.2 Å². The van der Waals surface area contributed by atoms with Gasteiger partial charge in [-0.25, -0.2) is 15.0 Å². The van der Waals surface area contributed by atoms with Gasteiger partial charge in [0.1, 0.15) is 23.7 Å². The minimum Gasteiger partial charge on any atom is -0.323 e. The fourth-order valence-electron chi connectivity index (χ4n) is 3.42. The molecule has 0 aliphatic heterocycles. The summed E-state index contributed by atoms with van der Waals surface area (Å²) in [4.78, 5) is 26.8. The smallest absolute Gasteiger partial charge is 0.196 e. The molecule has 1 aromatic carbocycles. The van der Waals surface area contributed by atoms with Gasteiger partial charge in [-0.1, -0.05) is 12.1 Å². The number of benzene rings is 1. The zero-order valence-electron chi connectivity index (χ0n) is 17.9. The molecule has 1 aliphatic carbocycles.